The highest BCUT2D eigenvalue weighted by atomic mass is 35.5. The third-order valence-electron chi connectivity index (χ3n) is 3.06. The normalized spacial score (nSPS) is 15.5. The van der Waals surface area contributed by atoms with Crippen molar-refractivity contribution in [2.75, 3.05) is 26.2 Å². The zero-order valence-corrected chi connectivity index (χ0v) is 11.9. The molecular formula is C12H13Cl2N3O2. The average Bonchev–Trinajstić information content (AvgIpc) is 2.41. The van der Waals surface area contributed by atoms with Gasteiger partial charge in [0.25, 0.3) is 5.91 Å². The van der Waals surface area contributed by atoms with Crippen molar-refractivity contribution >= 4 is 35.0 Å². The van der Waals surface area contributed by atoms with Crippen LogP contribution in [0.5, 0.6) is 0 Å². The molecule has 1 aliphatic heterocycles. The van der Waals surface area contributed by atoms with Crippen LogP contribution in [-0.2, 0) is 4.79 Å². The molecule has 0 unspecified atom stereocenters. The Bertz CT molecular complexity index is 514. The zero-order chi connectivity index (χ0) is 14.0. The molecule has 0 N–H and O–H groups in total. The second kappa shape index (κ2) is 5.75. The molecule has 1 aromatic rings. The van der Waals surface area contributed by atoms with Crippen LogP contribution in [-0.4, -0.2) is 52.8 Å². The Morgan fingerprint density at radius 3 is 2.26 bits per heavy atom. The largest absolute Gasteiger partial charge is 0.339 e. The summed E-state index contributed by atoms with van der Waals surface area (Å²) in [7, 11) is 0. The highest BCUT2D eigenvalue weighted by Crippen LogP contribution is 2.20. The molecule has 0 atom stereocenters. The molecule has 1 fully saturated rings. The molecule has 102 valence electrons. The molecule has 0 aromatic carbocycles. The Hall–Kier alpha value is -1.33. The van der Waals surface area contributed by atoms with Crippen molar-refractivity contribution in [2.45, 2.75) is 6.92 Å². The number of piperazine rings is 1. The van der Waals surface area contributed by atoms with Crippen LogP contribution in [0.15, 0.2) is 12.3 Å². The van der Waals surface area contributed by atoms with E-state index in [2.05, 4.69) is 4.98 Å². The lowest BCUT2D eigenvalue weighted by atomic mass is 10.2. The first-order valence-corrected chi connectivity index (χ1v) is 6.60. The summed E-state index contributed by atoms with van der Waals surface area (Å²) in [5.41, 5.74) is 0.408. The quantitative estimate of drug-likeness (QED) is 0.742. The minimum absolute atomic E-state index is 0.0308. The minimum atomic E-state index is -0.144. The van der Waals surface area contributed by atoms with Gasteiger partial charge in [-0.3, -0.25) is 9.59 Å². The van der Waals surface area contributed by atoms with E-state index >= 15 is 0 Å². The summed E-state index contributed by atoms with van der Waals surface area (Å²) in [5, 5.41) is 0.439. The van der Waals surface area contributed by atoms with Gasteiger partial charge < -0.3 is 9.80 Å². The molecule has 1 aromatic heterocycles. The van der Waals surface area contributed by atoms with Gasteiger partial charge in [0.2, 0.25) is 5.91 Å². The van der Waals surface area contributed by atoms with Crippen LogP contribution >= 0.6 is 23.2 Å². The molecule has 0 aliphatic carbocycles. The van der Waals surface area contributed by atoms with Crippen LogP contribution in [0, 0.1) is 0 Å². The van der Waals surface area contributed by atoms with Gasteiger partial charge in [0.1, 0.15) is 5.15 Å². The van der Waals surface area contributed by atoms with Gasteiger partial charge in [-0.1, -0.05) is 23.2 Å². The van der Waals surface area contributed by atoms with Gasteiger partial charge >= 0.3 is 0 Å². The van der Waals surface area contributed by atoms with Crippen molar-refractivity contribution in [3.8, 4) is 0 Å². The first-order chi connectivity index (χ1) is 8.99. The second-order valence-electron chi connectivity index (χ2n) is 4.29. The summed E-state index contributed by atoms with van der Waals surface area (Å²) in [6.45, 7) is 3.66. The van der Waals surface area contributed by atoms with E-state index in [9.17, 15) is 9.59 Å². The monoisotopic (exact) mass is 301 g/mol. The van der Waals surface area contributed by atoms with Gasteiger partial charge in [-0.05, 0) is 6.07 Å². The maximum Gasteiger partial charge on any atom is 0.255 e. The fraction of sp³-hybridized carbons (Fsp3) is 0.417. The number of carbonyl (C=O) groups is 2. The van der Waals surface area contributed by atoms with Crippen molar-refractivity contribution in [3.63, 3.8) is 0 Å². The maximum atomic E-state index is 12.2. The van der Waals surface area contributed by atoms with Crippen LogP contribution in [0.4, 0.5) is 0 Å². The van der Waals surface area contributed by atoms with Crippen LogP contribution in [0.3, 0.4) is 0 Å². The molecule has 7 heteroatoms. The average molecular weight is 302 g/mol. The Morgan fingerprint density at radius 1 is 1.16 bits per heavy atom. The number of halogens is 2. The molecule has 0 saturated carbocycles. The summed E-state index contributed by atoms with van der Waals surface area (Å²) in [5.74, 6) is -0.113. The van der Waals surface area contributed by atoms with Crippen LogP contribution in [0.2, 0.25) is 10.2 Å². The van der Waals surface area contributed by atoms with Crippen molar-refractivity contribution in [1.82, 2.24) is 14.8 Å². The molecule has 1 aliphatic rings. The highest BCUT2D eigenvalue weighted by Gasteiger charge is 2.23. The Morgan fingerprint density at radius 2 is 1.74 bits per heavy atom. The van der Waals surface area contributed by atoms with Crippen LogP contribution < -0.4 is 0 Å². The second-order valence-corrected chi connectivity index (χ2v) is 5.06. The number of carbonyl (C=O) groups excluding carboxylic acids is 2. The van der Waals surface area contributed by atoms with Crippen molar-refractivity contribution in [2.24, 2.45) is 0 Å². The molecule has 19 heavy (non-hydrogen) atoms. The van der Waals surface area contributed by atoms with E-state index in [1.807, 2.05) is 0 Å². The van der Waals surface area contributed by atoms with Crippen molar-refractivity contribution in [3.05, 3.63) is 28.0 Å². The number of aromatic nitrogens is 1. The topological polar surface area (TPSA) is 53.5 Å². The summed E-state index contributed by atoms with van der Waals surface area (Å²) in [6.07, 6.45) is 1.41. The number of pyridine rings is 1. The summed E-state index contributed by atoms with van der Waals surface area (Å²) in [4.78, 5) is 30.7. The maximum absolute atomic E-state index is 12.2. The third-order valence-corrected chi connectivity index (χ3v) is 3.74. The summed E-state index contributed by atoms with van der Waals surface area (Å²) in [6, 6.07) is 1.51. The highest BCUT2D eigenvalue weighted by molar-refractivity contribution is 6.41. The number of hydrogen-bond donors (Lipinski definition) is 0. The first-order valence-electron chi connectivity index (χ1n) is 5.85. The van der Waals surface area contributed by atoms with Gasteiger partial charge in [0.05, 0.1) is 10.6 Å². The number of hydrogen-bond acceptors (Lipinski definition) is 3. The predicted octanol–water partition coefficient (Wildman–Crippen LogP) is 1.69. The Kier molecular flexibility index (Phi) is 4.27. The standard InChI is InChI=1S/C12H13Cl2N3O2/c1-8(18)16-2-4-17(5-3-16)12(19)9-6-10(13)11(14)15-7-9/h6-7H,2-5H2,1H3. The Labute approximate surface area is 121 Å². The van der Waals surface area contributed by atoms with Gasteiger partial charge in [-0.15, -0.1) is 0 Å². The van der Waals surface area contributed by atoms with Crippen molar-refractivity contribution in [1.29, 1.82) is 0 Å². The van der Waals surface area contributed by atoms with Gasteiger partial charge in [0, 0.05) is 39.3 Å². The molecule has 0 bridgehead atoms. The number of rotatable bonds is 1. The smallest absolute Gasteiger partial charge is 0.255 e. The predicted molar refractivity (Wildman–Crippen MR) is 72.4 cm³/mol. The Balaban J connectivity index is 2.05. The SMILES string of the molecule is CC(=O)N1CCN(C(=O)c2cnc(Cl)c(Cl)c2)CC1. The van der Waals surface area contributed by atoms with Crippen LogP contribution in [0.25, 0.3) is 0 Å². The van der Waals surface area contributed by atoms with E-state index in [0.717, 1.165) is 0 Å². The minimum Gasteiger partial charge on any atom is -0.339 e. The lowest BCUT2D eigenvalue weighted by Crippen LogP contribution is -2.50. The van der Waals surface area contributed by atoms with Gasteiger partial charge in [-0.2, -0.15) is 0 Å². The lowest BCUT2D eigenvalue weighted by Gasteiger charge is -2.34. The molecule has 0 spiro atoms. The number of nitrogens with zero attached hydrogens (tertiary/aromatic N) is 3. The van der Waals surface area contributed by atoms with Gasteiger partial charge in [0.15, 0.2) is 0 Å². The summed E-state index contributed by atoms with van der Waals surface area (Å²) >= 11 is 11.6. The van der Waals surface area contributed by atoms with E-state index in [0.29, 0.717) is 31.7 Å². The lowest BCUT2D eigenvalue weighted by molar-refractivity contribution is -0.130. The molecule has 5 nitrogen and oxygen atoms in total. The molecule has 2 amide bonds. The molecule has 2 rings (SSSR count). The third kappa shape index (κ3) is 3.16. The van der Waals surface area contributed by atoms with Crippen LogP contribution in [0.1, 0.15) is 17.3 Å². The van der Waals surface area contributed by atoms with E-state index in [4.69, 9.17) is 23.2 Å². The fourth-order valence-electron chi connectivity index (χ4n) is 1.95. The first kappa shape index (κ1) is 14.1. The zero-order valence-electron chi connectivity index (χ0n) is 10.4. The summed E-state index contributed by atoms with van der Waals surface area (Å²) < 4.78 is 0. The molecular weight excluding hydrogens is 289 g/mol. The molecule has 2 heterocycles. The van der Waals surface area contributed by atoms with E-state index in [1.165, 1.54) is 19.2 Å². The van der Waals surface area contributed by atoms with Crippen molar-refractivity contribution < 1.29 is 9.59 Å². The van der Waals surface area contributed by atoms with E-state index < -0.39 is 0 Å². The molecule has 1 saturated heterocycles. The fourth-order valence-corrected chi connectivity index (χ4v) is 2.21. The van der Waals surface area contributed by atoms with E-state index in [1.54, 1.807) is 9.80 Å². The molecule has 0 radical (unpaired) electrons. The number of amides is 2. The van der Waals surface area contributed by atoms with Gasteiger partial charge in [-0.25, -0.2) is 4.98 Å². The van der Waals surface area contributed by atoms with E-state index in [-0.39, 0.29) is 22.0 Å².